The van der Waals surface area contributed by atoms with Crippen molar-refractivity contribution in [3.8, 4) is 0 Å². The quantitative estimate of drug-likeness (QED) is 0.777. The van der Waals surface area contributed by atoms with Crippen molar-refractivity contribution in [2.45, 2.75) is 32.0 Å². The number of hydrogen-bond donors (Lipinski definition) is 2. The molecule has 3 fully saturated rings. The van der Waals surface area contributed by atoms with E-state index >= 15 is 0 Å². The lowest BCUT2D eigenvalue weighted by Gasteiger charge is -2.49. The zero-order valence-electron chi connectivity index (χ0n) is 11.9. The molecule has 4 unspecified atom stereocenters. The Labute approximate surface area is 120 Å². The zero-order valence-corrected chi connectivity index (χ0v) is 11.9. The average molecular weight is 276 g/mol. The van der Waals surface area contributed by atoms with Gasteiger partial charge in [0.1, 0.15) is 18.1 Å². The van der Waals surface area contributed by atoms with E-state index in [0.717, 1.165) is 24.8 Å². The molecule has 0 saturated carbocycles. The monoisotopic (exact) mass is 276 g/mol. The smallest absolute Gasteiger partial charge is 0.129 e. The van der Waals surface area contributed by atoms with Crippen molar-refractivity contribution >= 4 is 0 Å². The van der Waals surface area contributed by atoms with Crippen molar-refractivity contribution in [2.75, 3.05) is 19.6 Å². The van der Waals surface area contributed by atoms with Crippen LogP contribution in [0.3, 0.4) is 0 Å². The summed E-state index contributed by atoms with van der Waals surface area (Å²) in [6.07, 6.45) is 4.74. The molecule has 0 amide bonds. The van der Waals surface area contributed by atoms with Crippen molar-refractivity contribution < 1.29 is 9.52 Å². The molecule has 2 N–H and O–H groups in total. The summed E-state index contributed by atoms with van der Waals surface area (Å²) < 4.78 is 5.48. The lowest BCUT2D eigenvalue weighted by molar-refractivity contribution is 0.0193. The van der Waals surface area contributed by atoms with E-state index in [4.69, 9.17) is 9.52 Å². The molecule has 3 aliphatic rings. The Balaban J connectivity index is 1.46. The van der Waals surface area contributed by atoms with Crippen molar-refractivity contribution in [3.63, 3.8) is 0 Å². The van der Waals surface area contributed by atoms with Gasteiger partial charge >= 0.3 is 0 Å². The van der Waals surface area contributed by atoms with Crippen molar-refractivity contribution in [1.82, 2.24) is 10.2 Å². The molecular weight excluding hydrogens is 252 g/mol. The normalized spacial score (nSPS) is 32.5. The summed E-state index contributed by atoms with van der Waals surface area (Å²) in [5, 5.41) is 12.5. The van der Waals surface area contributed by atoms with Crippen LogP contribution in [0.4, 0.5) is 0 Å². The Morgan fingerprint density at radius 2 is 2.30 bits per heavy atom. The van der Waals surface area contributed by atoms with Crippen LogP contribution in [-0.2, 0) is 13.2 Å². The number of aliphatic hydroxyl groups is 1. The number of hydrogen-bond acceptors (Lipinski definition) is 4. The maximum absolute atomic E-state index is 8.97. The third-order valence-electron chi connectivity index (χ3n) is 4.78. The van der Waals surface area contributed by atoms with Crippen LogP contribution in [0.2, 0.25) is 0 Å². The van der Waals surface area contributed by atoms with Crippen LogP contribution < -0.4 is 5.32 Å². The van der Waals surface area contributed by atoms with Crippen molar-refractivity contribution in [3.05, 3.63) is 36.3 Å². The molecule has 0 spiro atoms. The van der Waals surface area contributed by atoms with Crippen LogP contribution in [0.25, 0.3) is 0 Å². The van der Waals surface area contributed by atoms with Gasteiger partial charge in [0.15, 0.2) is 0 Å². The van der Waals surface area contributed by atoms with E-state index in [1.54, 1.807) is 0 Å². The maximum Gasteiger partial charge on any atom is 0.129 e. The van der Waals surface area contributed by atoms with Gasteiger partial charge in [-0.15, -0.1) is 6.58 Å². The first-order chi connectivity index (χ1) is 9.80. The van der Waals surface area contributed by atoms with Gasteiger partial charge in [-0.2, -0.15) is 0 Å². The second-order valence-electron chi connectivity index (χ2n) is 5.99. The first-order valence-electron chi connectivity index (χ1n) is 7.56. The van der Waals surface area contributed by atoms with E-state index in [1.807, 2.05) is 12.1 Å². The molecule has 0 radical (unpaired) electrons. The van der Waals surface area contributed by atoms with Crippen molar-refractivity contribution in [2.24, 2.45) is 11.8 Å². The van der Waals surface area contributed by atoms with Crippen LogP contribution in [0.1, 0.15) is 24.4 Å². The second-order valence-corrected chi connectivity index (χ2v) is 5.99. The number of aliphatic hydroxyl groups excluding tert-OH is 1. The van der Waals surface area contributed by atoms with E-state index in [0.29, 0.717) is 17.7 Å². The predicted octanol–water partition coefficient (Wildman–Crippen LogP) is 1.76. The summed E-state index contributed by atoms with van der Waals surface area (Å²) in [7, 11) is 0. The van der Waals surface area contributed by atoms with Gasteiger partial charge < -0.3 is 14.8 Å². The molecule has 1 aromatic heterocycles. The fourth-order valence-corrected chi connectivity index (χ4v) is 3.62. The summed E-state index contributed by atoms with van der Waals surface area (Å²) in [6, 6.07) is 4.41. The lowest BCUT2D eigenvalue weighted by atomic mass is 9.75. The summed E-state index contributed by atoms with van der Waals surface area (Å²) in [5.74, 6) is 3.05. The minimum Gasteiger partial charge on any atom is -0.462 e. The minimum absolute atomic E-state index is 0.0268. The first kappa shape index (κ1) is 13.9. The summed E-state index contributed by atoms with van der Waals surface area (Å²) in [5.41, 5.74) is 0. The van der Waals surface area contributed by atoms with Gasteiger partial charge in [-0.05, 0) is 43.4 Å². The molecule has 4 heterocycles. The lowest BCUT2D eigenvalue weighted by Crippen LogP contribution is -2.55. The fraction of sp³-hybridized carbons (Fsp3) is 0.625. The molecular formula is C16H24N2O2. The maximum atomic E-state index is 8.97. The summed E-state index contributed by atoms with van der Waals surface area (Å²) in [6.45, 7) is 8.09. The summed E-state index contributed by atoms with van der Waals surface area (Å²) >= 11 is 0. The Morgan fingerprint density at radius 1 is 1.45 bits per heavy atom. The van der Waals surface area contributed by atoms with Gasteiger partial charge in [-0.1, -0.05) is 6.08 Å². The fourth-order valence-electron chi connectivity index (χ4n) is 3.62. The van der Waals surface area contributed by atoms with Crippen LogP contribution in [0, 0.1) is 11.8 Å². The van der Waals surface area contributed by atoms with Gasteiger partial charge in [-0.3, -0.25) is 4.90 Å². The number of nitrogens with zero attached hydrogens (tertiary/aromatic N) is 1. The van der Waals surface area contributed by atoms with Gasteiger partial charge in [-0.25, -0.2) is 0 Å². The highest BCUT2D eigenvalue weighted by Gasteiger charge is 2.38. The van der Waals surface area contributed by atoms with Crippen LogP contribution in [-0.4, -0.2) is 35.7 Å². The Bertz CT molecular complexity index is 457. The largest absolute Gasteiger partial charge is 0.462 e. The van der Waals surface area contributed by atoms with Crippen LogP contribution in [0.5, 0.6) is 0 Å². The predicted molar refractivity (Wildman–Crippen MR) is 78.1 cm³/mol. The number of nitrogens with one attached hydrogen (secondary N) is 1. The minimum atomic E-state index is -0.0268. The van der Waals surface area contributed by atoms with Crippen LogP contribution >= 0.6 is 0 Å². The molecule has 0 aromatic carbocycles. The Hall–Kier alpha value is -1.10. The molecule has 4 atom stereocenters. The number of fused-ring (bicyclic) bond motifs is 3. The molecule has 20 heavy (non-hydrogen) atoms. The molecule has 4 rings (SSSR count). The molecule has 3 saturated heterocycles. The van der Waals surface area contributed by atoms with E-state index in [-0.39, 0.29) is 6.61 Å². The molecule has 1 aromatic rings. The van der Waals surface area contributed by atoms with Gasteiger partial charge in [0.25, 0.3) is 0 Å². The van der Waals surface area contributed by atoms with E-state index < -0.39 is 0 Å². The second kappa shape index (κ2) is 6.12. The Morgan fingerprint density at radius 3 is 2.95 bits per heavy atom. The molecule has 110 valence electrons. The van der Waals surface area contributed by atoms with Crippen LogP contribution in [0.15, 0.2) is 29.2 Å². The molecule has 4 heteroatoms. The third-order valence-corrected chi connectivity index (χ3v) is 4.78. The van der Waals surface area contributed by atoms with E-state index in [2.05, 4.69) is 22.9 Å². The molecule has 0 aliphatic carbocycles. The van der Waals surface area contributed by atoms with Gasteiger partial charge in [0.2, 0.25) is 0 Å². The number of furan rings is 1. The average Bonchev–Trinajstić information content (AvgIpc) is 2.96. The van der Waals surface area contributed by atoms with Crippen molar-refractivity contribution in [1.29, 1.82) is 0 Å². The molecule has 3 aliphatic heterocycles. The topological polar surface area (TPSA) is 48.6 Å². The SMILES string of the molecule is C=CC1CN2CCC1CC2CNCc1ccc(CO)o1. The van der Waals surface area contributed by atoms with E-state index in [1.165, 1.54) is 25.9 Å². The highest BCUT2D eigenvalue weighted by Crippen LogP contribution is 2.36. The highest BCUT2D eigenvalue weighted by molar-refractivity contribution is 5.06. The third kappa shape index (κ3) is 2.82. The first-order valence-corrected chi connectivity index (χ1v) is 7.56. The zero-order chi connectivity index (χ0) is 13.9. The number of rotatable bonds is 6. The summed E-state index contributed by atoms with van der Waals surface area (Å²) in [4.78, 5) is 2.60. The Kier molecular flexibility index (Phi) is 4.24. The molecule has 2 bridgehead atoms. The number of piperidine rings is 3. The highest BCUT2D eigenvalue weighted by atomic mass is 16.4. The van der Waals surface area contributed by atoms with E-state index in [9.17, 15) is 0 Å². The standard InChI is InChI=1S/C16H24N2O2/c1-2-12-10-18-6-5-13(12)7-14(18)8-17-9-15-3-4-16(11-19)20-15/h2-4,12-14,17,19H,1,5-11H2. The van der Waals surface area contributed by atoms with Gasteiger partial charge in [0, 0.05) is 19.1 Å². The molecule has 4 nitrogen and oxygen atoms in total. The van der Waals surface area contributed by atoms with Gasteiger partial charge in [0.05, 0.1) is 6.54 Å².